The maximum atomic E-state index is 5.30. The summed E-state index contributed by atoms with van der Waals surface area (Å²) in [5.74, 6) is 0.483. The smallest absolute Gasteiger partial charge is 0.177 e. The molecule has 2 rings (SSSR count). The first-order chi connectivity index (χ1) is 8.08. The van der Waals surface area contributed by atoms with Crippen molar-refractivity contribution in [3.05, 3.63) is 34.6 Å². The molecule has 2 heterocycles. The fraction of sp³-hybridized carbons (Fsp3) is 0.500. The molecule has 0 radical (unpaired) electrons. The molecule has 0 aliphatic rings. The molecule has 0 aromatic carbocycles. The number of hydrogen-bond acceptors (Lipinski definition) is 2. The van der Waals surface area contributed by atoms with Gasteiger partial charge in [-0.15, -0.1) is 0 Å². The van der Waals surface area contributed by atoms with Crippen molar-refractivity contribution in [2.75, 3.05) is 0 Å². The fourth-order valence-electron chi connectivity index (χ4n) is 1.96. The minimum Gasteiger partial charge on any atom is -0.337 e. The van der Waals surface area contributed by atoms with Crippen LogP contribution in [0.15, 0.2) is 18.6 Å². The molecular formula is C12H18N4S. The molecule has 0 saturated carbocycles. The molecular weight excluding hydrogens is 232 g/mol. The average Bonchev–Trinajstić information content (AvgIpc) is 2.82. The number of nitrogens with one attached hydrogen (secondary N) is 1. The van der Waals surface area contributed by atoms with Gasteiger partial charge in [0.2, 0.25) is 0 Å². The summed E-state index contributed by atoms with van der Waals surface area (Å²) < 4.78 is 4.81. The highest BCUT2D eigenvalue weighted by molar-refractivity contribution is 7.71. The molecule has 0 spiro atoms. The van der Waals surface area contributed by atoms with Crippen LogP contribution in [0.3, 0.4) is 0 Å². The summed E-state index contributed by atoms with van der Waals surface area (Å²) in [5, 5.41) is 4.17. The van der Waals surface area contributed by atoms with Crippen molar-refractivity contribution in [3.8, 4) is 0 Å². The second kappa shape index (κ2) is 4.87. The third-order valence-corrected chi connectivity index (χ3v) is 3.21. The van der Waals surface area contributed by atoms with Gasteiger partial charge in [-0.05, 0) is 30.1 Å². The van der Waals surface area contributed by atoms with Crippen LogP contribution in [-0.4, -0.2) is 19.3 Å². The van der Waals surface area contributed by atoms with E-state index in [1.54, 1.807) is 0 Å². The van der Waals surface area contributed by atoms with Crippen molar-refractivity contribution >= 4 is 12.2 Å². The summed E-state index contributed by atoms with van der Waals surface area (Å²) in [6.07, 6.45) is 6.92. The zero-order valence-electron chi connectivity index (χ0n) is 10.5. The van der Waals surface area contributed by atoms with Crippen LogP contribution in [-0.2, 0) is 20.0 Å². The van der Waals surface area contributed by atoms with Crippen LogP contribution in [0.25, 0.3) is 0 Å². The average molecular weight is 250 g/mol. The highest BCUT2D eigenvalue weighted by Gasteiger charge is 2.08. The fourth-order valence-corrected chi connectivity index (χ4v) is 2.22. The van der Waals surface area contributed by atoms with E-state index in [0.29, 0.717) is 5.92 Å². The van der Waals surface area contributed by atoms with Gasteiger partial charge < -0.3 is 9.55 Å². The number of nitrogens with zero attached hydrogens (tertiary/aromatic N) is 3. The predicted molar refractivity (Wildman–Crippen MR) is 70.6 cm³/mol. The predicted octanol–water partition coefficient (Wildman–Crippen LogP) is 2.65. The van der Waals surface area contributed by atoms with E-state index in [9.17, 15) is 0 Å². The van der Waals surface area contributed by atoms with Gasteiger partial charge in [-0.1, -0.05) is 13.8 Å². The van der Waals surface area contributed by atoms with Crippen LogP contribution in [0.5, 0.6) is 0 Å². The molecule has 0 aliphatic heterocycles. The molecule has 1 N–H and O–H groups in total. The zero-order chi connectivity index (χ0) is 12.4. The van der Waals surface area contributed by atoms with Gasteiger partial charge >= 0.3 is 0 Å². The van der Waals surface area contributed by atoms with Crippen LogP contribution < -0.4 is 0 Å². The Hall–Kier alpha value is -1.36. The topological polar surface area (TPSA) is 38.5 Å². The summed E-state index contributed by atoms with van der Waals surface area (Å²) in [5.41, 5.74) is 2.50. The van der Waals surface area contributed by atoms with Gasteiger partial charge in [0.05, 0.1) is 6.20 Å². The Balaban J connectivity index is 2.13. The number of aromatic nitrogens is 4. The summed E-state index contributed by atoms with van der Waals surface area (Å²) in [7, 11) is 1.94. The van der Waals surface area contributed by atoms with Crippen LogP contribution in [0, 0.1) is 4.77 Å². The van der Waals surface area contributed by atoms with Gasteiger partial charge in [0.25, 0.3) is 0 Å². The maximum Gasteiger partial charge on any atom is 0.177 e. The number of H-pyrrole nitrogens is 1. The zero-order valence-corrected chi connectivity index (χ0v) is 11.3. The summed E-state index contributed by atoms with van der Waals surface area (Å²) in [6, 6.07) is 0. The Morgan fingerprint density at radius 1 is 1.47 bits per heavy atom. The number of aromatic amines is 1. The minimum absolute atomic E-state index is 0.483. The van der Waals surface area contributed by atoms with Gasteiger partial charge in [0, 0.05) is 31.7 Å². The van der Waals surface area contributed by atoms with Crippen LogP contribution in [0.4, 0.5) is 0 Å². The molecule has 5 heteroatoms. The van der Waals surface area contributed by atoms with E-state index in [1.165, 1.54) is 11.3 Å². The Kier molecular flexibility index (Phi) is 3.47. The largest absolute Gasteiger partial charge is 0.337 e. The lowest BCUT2D eigenvalue weighted by molar-refractivity contribution is 0.626. The molecule has 0 aliphatic carbocycles. The van der Waals surface area contributed by atoms with E-state index in [1.807, 2.05) is 30.3 Å². The second-order valence-corrected chi connectivity index (χ2v) is 4.98. The van der Waals surface area contributed by atoms with Crippen molar-refractivity contribution < 1.29 is 0 Å². The number of imidazole rings is 1. The monoisotopic (exact) mass is 250 g/mol. The molecule has 0 atom stereocenters. The first kappa shape index (κ1) is 12.1. The third-order valence-electron chi connectivity index (χ3n) is 2.87. The lowest BCUT2D eigenvalue weighted by Gasteiger charge is -2.10. The van der Waals surface area contributed by atoms with Crippen molar-refractivity contribution in [1.29, 1.82) is 0 Å². The first-order valence-corrected chi connectivity index (χ1v) is 6.24. The van der Waals surface area contributed by atoms with E-state index in [-0.39, 0.29) is 0 Å². The summed E-state index contributed by atoms with van der Waals surface area (Å²) >= 11 is 5.30. The van der Waals surface area contributed by atoms with E-state index >= 15 is 0 Å². The number of hydrogen-bond donors (Lipinski definition) is 1. The molecule has 0 unspecified atom stereocenters. The van der Waals surface area contributed by atoms with Gasteiger partial charge in [0.15, 0.2) is 4.77 Å². The SMILES string of the molecule is CC(C)c1c[nH]c(=S)n1CCc1cnn(C)c1. The van der Waals surface area contributed by atoms with Crippen molar-refractivity contribution in [2.45, 2.75) is 32.7 Å². The number of rotatable bonds is 4. The Labute approximate surface area is 106 Å². The lowest BCUT2D eigenvalue weighted by Crippen LogP contribution is -2.06. The molecule has 92 valence electrons. The quantitative estimate of drug-likeness (QED) is 0.847. The molecule has 0 amide bonds. The molecule has 0 fully saturated rings. The van der Waals surface area contributed by atoms with Crippen molar-refractivity contribution in [1.82, 2.24) is 19.3 Å². The van der Waals surface area contributed by atoms with E-state index in [4.69, 9.17) is 12.2 Å². The third kappa shape index (κ3) is 2.66. The summed E-state index contributed by atoms with van der Waals surface area (Å²) in [6.45, 7) is 5.26. The van der Waals surface area contributed by atoms with E-state index < -0.39 is 0 Å². The Morgan fingerprint density at radius 3 is 2.82 bits per heavy atom. The first-order valence-electron chi connectivity index (χ1n) is 5.83. The second-order valence-electron chi connectivity index (χ2n) is 4.60. The van der Waals surface area contributed by atoms with Gasteiger partial charge in [-0.2, -0.15) is 5.10 Å². The molecule has 4 nitrogen and oxygen atoms in total. The highest BCUT2D eigenvalue weighted by Crippen LogP contribution is 2.15. The summed E-state index contributed by atoms with van der Waals surface area (Å²) in [4.78, 5) is 3.12. The van der Waals surface area contributed by atoms with Crippen LogP contribution >= 0.6 is 12.2 Å². The molecule has 2 aromatic heterocycles. The molecule has 17 heavy (non-hydrogen) atoms. The Bertz CT molecular complexity index is 547. The molecule has 2 aromatic rings. The highest BCUT2D eigenvalue weighted by atomic mass is 32.1. The number of aryl methyl sites for hydroxylation is 2. The maximum absolute atomic E-state index is 5.30. The minimum atomic E-state index is 0.483. The van der Waals surface area contributed by atoms with Crippen LogP contribution in [0.1, 0.15) is 31.0 Å². The molecule has 0 bridgehead atoms. The van der Waals surface area contributed by atoms with Crippen molar-refractivity contribution in [2.24, 2.45) is 7.05 Å². The Morgan fingerprint density at radius 2 is 2.24 bits per heavy atom. The standard InChI is InChI=1S/C12H18N4S/c1-9(2)11-7-13-12(17)16(11)5-4-10-6-14-15(3)8-10/h6-9H,4-5H2,1-3H3,(H,13,17). The van der Waals surface area contributed by atoms with Gasteiger partial charge in [-0.25, -0.2) is 0 Å². The van der Waals surface area contributed by atoms with Gasteiger partial charge in [0.1, 0.15) is 0 Å². The normalized spacial score (nSPS) is 11.3. The lowest BCUT2D eigenvalue weighted by atomic mass is 10.1. The van der Waals surface area contributed by atoms with Crippen LogP contribution in [0.2, 0.25) is 0 Å². The van der Waals surface area contributed by atoms with E-state index in [2.05, 4.69) is 28.5 Å². The molecule has 0 saturated heterocycles. The van der Waals surface area contributed by atoms with E-state index in [0.717, 1.165) is 17.7 Å². The van der Waals surface area contributed by atoms with Crippen molar-refractivity contribution in [3.63, 3.8) is 0 Å². The van der Waals surface area contributed by atoms with Gasteiger partial charge in [-0.3, -0.25) is 4.68 Å².